The Morgan fingerprint density at radius 3 is 2.02 bits per heavy atom. The topological polar surface area (TPSA) is 21.4 Å². The number of rotatable bonds is 3. The molecule has 1 aliphatic rings. The Hall–Kier alpha value is -6.00. The van der Waals surface area contributed by atoms with Crippen LogP contribution in [0.4, 0.5) is 11.4 Å². The number of hydrogen-bond donors (Lipinski definition) is 1. The van der Waals surface area contributed by atoms with E-state index in [0.29, 0.717) is 0 Å². The van der Waals surface area contributed by atoms with Gasteiger partial charge in [-0.3, -0.25) is 0 Å². The molecule has 0 aliphatic carbocycles. The average molecular weight is 611 g/mol. The maximum Gasteiger partial charge on any atom is 0.197 e. The van der Waals surface area contributed by atoms with Gasteiger partial charge in [0.25, 0.3) is 0 Å². The summed E-state index contributed by atoms with van der Waals surface area (Å²) in [6.45, 7) is 4.42. The second-order valence-corrected chi connectivity index (χ2v) is 13.4. The van der Waals surface area contributed by atoms with E-state index in [9.17, 15) is 0 Å². The summed E-state index contributed by atoms with van der Waals surface area (Å²) in [4.78, 5) is 0. The summed E-state index contributed by atoms with van der Waals surface area (Å²) in [5.41, 5.74) is 17.2. The Morgan fingerprint density at radius 1 is 0.542 bits per heavy atom. The third kappa shape index (κ3) is 3.29. The normalized spacial score (nSPS) is 12.5. The lowest BCUT2D eigenvalue weighted by molar-refractivity contribution is 1.18. The molecule has 0 spiro atoms. The van der Waals surface area contributed by atoms with Gasteiger partial charge in [-0.15, -0.1) is 0 Å². The summed E-state index contributed by atoms with van der Waals surface area (Å²) in [5, 5.41) is 11.7. The van der Waals surface area contributed by atoms with E-state index in [1.54, 1.807) is 0 Å². The summed E-state index contributed by atoms with van der Waals surface area (Å²) in [6.07, 6.45) is 0. The highest BCUT2D eigenvalue weighted by Gasteiger charge is 2.29. The number of aryl methyl sites for hydroxylation is 2. The molecular weight excluding hydrogens is 581 g/mol. The quantitative estimate of drug-likeness (QED) is 0.198. The SMILES string of the molecule is Cc1cc(-c2c(Nc3ccccc3C)cc3c4ccccc4n4c5ccccc5c2c34)c2c(c1)-n1c3ccccc3c3cccc(c31)[B]2. The summed E-state index contributed by atoms with van der Waals surface area (Å²) in [6, 6.07) is 49.1. The first kappa shape index (κ1) is 26.1. The summed E-state index contributed by atoms with van der Waals surface area (Å²) in [7, 11) is 2.43. The van der Waals surface area contributed by atoms with Crippen LogP contribution in [0.2, 0.25) is 0 Å². The molecule has 0 unspecified atom stereocenters. The van der Waals surface area contributed by atoms with Crippen LogP contribution in [0.1, 0.15) is 11.1 Å². The number of fused-ring (bicyclic) bond motifs is 11. The van der Waals surface area contributed by atoms with E-state index < -0.39 is 0 Å². The van der Waals surface area contributed by atoms with Gasteiger partial charge in [-0.1, -0.05) is 103 Å². The Labute approximate surface area is 278 Å². The van der Waals surface area contributed by atoms with E-state index in [1.807, 2.05) is 0 Å². The highest BCUT2D eigenvalue weighted by Crippen LogP contribution is 2.48. The number of para-hydroxylation sites is 5. The zero-order chi connectivity index (χ0) is 31.7. The molecule has 7 aromatic carbocycles. The van der Waals surface area contributed by atoms with Crippen molar-refractivity contribution in [3.8, 4) is 16.8 Å². The summed E-state index contributed by atoms with van der Waals surface area (Å²) in [5.74, 6) is 0. The van der Waals surface area contributed by atoms with E-state index in [-0.39, 0.29) is 0 Å². The van der Waals surface area contributed by atoms with Crippen LogP contribution in [0.15, 0.2) is 133 Å². The zero-order valence-electron chi connectivity index (χ0n) is 26.7. The molecule has 4 heterocycles. The van der Waals surface area contributed by atoms with Crippen molar-refractivity contribution in [3.05, 3.63) is 145 Å². The second kappa shape index (κ2) is 9.30. The highest BCUT2D eigenvalue weighted by atomic mass is 15.0. The van der Waals surface area contributed by atoms with Gasteiger partial charge < -0.3 is 14.3 Å². The maximum absolute atomic E-state index is 3.97. The number of nitrogens with zero attached hydrogens (tertiary/aromatic N) is 2. The van der Waals surface area contributed by atoms with Crippen LogP contribution >= 0.6 is 0 Å². The Balaban J connectivity index is 1.33. The first-order valence-electron chi connectivity index (χ1n) is 16.7. The van der Waals surface area contributed by atoms with Gasteiger partial charge in [-0.2, -0.15) is 0 Å². The van der Waals surface area contributed by atoms with Crippen LogP contribution in [0.25, 0.3) is 76.7 Å². The van der Waals surface area contributed by atoms with Crippen molar-refractivity contribution in [1.82, 2.24) is 8.97 Å². The van der Waals surface area contributed by atoms with E-state index in [0.717, 1.165) is 11.4 Å². The smallest absolute Gasteiger partial charge is 0.197 e. The van der Waals surface area contributed by atoms with E-state index in [2.05, 4.69) is 169 Å². The van der Waals surface area contributed by atoms with Crippen LogP contribution in [0.3, 0.4) is 0 Å². The molecule has 1 radical (unpaired) electrons. The lowest BCUT2D eigenvalue weighted by Crippen LogP contribution is -2.37. The third-order valence-corrected chi connectivity index (χ3v) is 10.6. The van der Waals surface area contributed by atoms with Gasteiger partial charge in [0.1, 0.15) is 0 Å². The Morgan fingerprint density at radius 2 is 1.21 bits per heavy atom. The van der Waals surface area contributed by atoms with Crippen LogP contribution in [0.5, 0.6) is 0 Å². The molecule has 223 valence electrons. The summed E-state index contributed by atoms with van der Waals surface area (Å²) < 4.78 is 4.99. The lowest BCUT2D eigenvalue weighted by Gasteiger charge is -2.26. The van der Waals surface area contributed by atoms with Crippen LogP contribution < -0.4 is 16.2 Å². The van der Waals surface area contributed by atoms with E-state index >= 15 is 0 Å². The molecule has 0 atom stereocenters. The molecular formula is C44H29BN3. The van der Waals surface area contributed by atoms with E-state index in [1.165, 1.54) is 98.8 Å². The minimum Gasteiger partial charge on any atom is -0.355 e. The van der Waals surface area contributed by atoms with Gasteiger partial charge in [0.05, 0.1) is 22.1 Å². The molecule has 3 aromatic heterocycles. The Bertz CT molecular complexity index is 2980. The number of aromatic nitrogens is 2. The van der Waals surface area contributed by atoms with Crippen molar-refractivity contribution >= 4 is 89.5 Å². The van der Waals surface area contributed by atoms with Gasteiger partial charge in [0.2, 0.25) is 0 Å². The second-order valence-electron chi connectivity index (χ2n) is 13.4. The van der Waals surface area contributed by atoms with Crippen LogP contribution in [0, 0.1) is 13.8 Å². The first-order valence-corrected chi connectivity index (χ1v) is 16.7. The van der Waals surface area contributed by atoms with Gasteiger partial charge in [-0.05, 0) is 72.4 Å². The zero-order valence-corrected chi connectivity index (χ0v) is 26.7. The largest absolute Gasteiger partial charge is 0.355 e. The molecule has 0 fully saturated rings. The standard InChI is InChI=1S/C44H29BN3/c1-25-22-32(42-39(23-25)48-36-19-8-4-13-27(36)29-16-11-17-33(45-42)43(29)48)40-35(46-34-18-7-3-12-26(34)2)24-31-28-14-5-9-20-37(28)47-38-21-10-6-15-30(38)41(40)44(31)47/h3-24,46H,1-2H3. The fourth-order valence-electron chi connectivity index (χ4n) is 8.65. The highest BCUT2D eigenvalue weighted by molar-refractivity contribution is 6.73. The van der Waals surface area contributed by atoms with Gasteiger partial charge in [0, 0.05) is 60.5 Å². The molecule has 1 N–H and O–H groups in total. The lowest BCUT2D eigenvalue weighted by atomic mass is 9.58. The van der Waals surface area contributed by atoms with Crippen molar-refractivity contribution in [2.24, 2.45) is 0 Å². The van der Waals surface area contributed by atoms with Crippen molar-refractivity contribution in [2.75, 3.05) is 5.32 Å². The molecule has 0 amide bonds. The molecule has 3 nitrogen and oxygen atoms in total. The number of hydrogen-bond acceptors (Lipinski definition) is 1. The van der Waals surface area contributed by atoms with Crippen LogP contribution in [-0.4, -0.2) is 16.2 Å². The molecule has 4 heteroatoms. The van der Waals surface area contributed by atoms with Gasteiger partial charge >= 0.3 is 0 Å². The minimum atomic E-state index is 1.12. The van der Waals surface area contributed by atoms with Gasteiger partial charge in [0.15, 0.2) is 7.28 Å². The Kier molecular flexibility index (Phi) is 5.06. The van der Waals surface area contributed by atoms with Crippen molar-refractivity contribution in [1.29, 1.82) is 0 Å². The third-order valence-electron chi connectivity index (χ3n) is 10.6. The monoisotopic (exact) mass is 610 g/mol. The predicted molar refractivity (Wildman–Crippen MR) is 205 cm³/mol. The molecule has 10 aromatic rings. The molecule has 0 saturated carbocycles. The fraction of sp³-hybridized carbons (Fsp3) is 0.0455. The number of benzene rings is 7. The molecule has 0 bridgehead atoms. The molecule has 11 rings (SSSR count). The van der Waals surface area contributed by atoms with Crippen LogP contribution in [-0.2, 0) is 0 Å². The molecule has 48 heavy (non-hydrogen) atoms. The fourth-order valence-corrected chi connectivity index (χ4v) is 8.65. The molecule has 0 saturated heterocycles. The predicted octanol–water partition coefficient (Wildman–Crippen LogP) is 9.93. The molecule has 1 aliphatic heterocycles. The summed E-state index contributed by atoms with van der Waals surface area (Å²) >= 11 is 0. The number of nitrogens with one attached hydrogen (secondary N) is 1. The first-order chi connectivity index (χ1) is 23.7. The van der Waals surface area contributed by atoms with Crippen molar-refractivity contribution in [3.63, 3.8) is 0 Å². The van der Waals surface area contributed by atoms with Crippen molar-refractivity contribution < 1.29 is 0 Å². The van der Waals surface area contributed by atoms with Crippen molar-refractivity contribution in [2.45, 2.75) is 13.8 Å². The average Bonchev–Trinajstić information content (AvgIpc) is 3.75. The minimum absolute atomic E-state index is 1.12. The van der Waals surface area contributed by atoms with E-state index in [4.69, 9.17) is 0 Å². The number of anilines is 2. The maximum atomic E-state index is 3.97. The van der Waals surface area contributed by atoms with Gasteiger partial charge in [-0.25, -0.2) is 0 Å².